The van der Waals surface area contributed by atoms with Crippen LogP contribution >= 0.6 is 0 Å². The van der Waals surface area contributed by atoms with Crippen LogP contribution in [0.2, 0.25) is 0 Å². The van der Waals surface area contributed by atoms with Gasteiger partial charge in [0, 0.05) is 18.7 Å². The monoisotopic (exact) mass is 253 g/mol. The first-order valence-corrected chi connectivity index (χ1v) is 6.61. The zero-order valence-corrected chi connectivity index (χ0v) is 12.8. The number of ether oxygens (including phenoxy) is 1. The van der Waals surface area contributed by atoms with Gasteiger partial charge in [-0.05, 0) is 60.1 Å². The van der Waals surface area contributed by atoms with Gasteiger partial charge >= 0.3 is 0 Å². The predicted molar refractivity (Wildman–Crippen MR) is 75.0 cm³/mol. The van der Waals surface area contributed by atoms with E-state index in [2.05, 4.69) is 26.1 Å². The first-order chi connectivity index (χ1) is 8.32. The lowest BCUT2D eigenvalue weighted by Crippen LogP contribution is -2.26. The van der Waals surface area contributed by atoms with Crippen LogP contribution in [-0.2, 0) is 4.74 Å². The summed E-state index contributed by atoms with van der Waals surface area (Å²) in [7, 11) is 3.78. The molecule has 0 spiro atoms. The highest BCUT2D eigenvalue weighted by Crippen LogP contribution is 2.31. The molecule has 0 aliphatic carbocycles. The number of nitrogens with one attached hydrogen (secondary N) is 1. The second-order valence-corrected chi connectivity index (χ2v) is 5.60. The van der Waals surface area contributed by atoms with Crippen LogP contribution in [0.3, 0.4) is 0 Å². The van der Waals surface area contributed by atoms with Crippen LogP contribution in [0.4, 0.5) is 0 Å². The molecule has 3 heteroatoms. The van der Waals surface area contributed by atoms with Crippen molar-refractivity contribution in [3.05, 3.63) is 22.6 Å². The van der Waals surface area contributed by atoms with E-state index < -0.39 is 0 Å². The molecular formula is C15H27NO2. The van der Waals surface area contributed by atoms with Crippen LogP contribution in [0.5, 0.6) is 0 Å². The van der Waals surface area contributed by atoms with Gasteiger partial charge in [0.2, 0.25) is 0 Å². The van der Waals surface area contributed by atoms with E-state index in [4.69, 9.17) is 9.15 Å². The van der Waals surface area contributed by atoms with Gasteiger partial charge < -0.3 is 14.5 Å². The summed E-state index contributed by atoms with van der Waals surface area (Å²) in [4.78, 5) is 0. The fourth-order valence-corrected chi connectivity index (χ4v) is 2.35. The van der Waals surface area contributed by atoms with E-state index in [0.717, 1.165) is 24.4 Å². The van der Waals surface area contributed by atoms with Crippen molar-refractivity contribution in [2.45, 2.75) is 59.1 Å². The highest BCUT2D eigenvalue weighted by molar-refractivity contribution is 5.34. The van der Waals surface area contributed by atoms with Crippen molar-refractivity contribution < 1.29 is 9.15 Å². The zero-order valence-electron chi connectivity index (χ0n) is 12.8. The molecule has 0 radical (unpaired) electrons. The first-order valence-electron chi connectivity index (χ1n) is 6.61. The normalized spacial score (nSPS) is 13.9. The van der Waals surface area contributed by atoms with E-state index in [0.29, 0.717) is 6.04 Å². The smallest absolute Gasteiger partial charge is 0.106 e. The molecule has 1 aromatic heterocycles. The Labute approximate surface area is 111 Å². The molecule has 0 amide bonds. The number of furan rings is 1. The van der Waals surface area contributed by atoms with Crippen LogP contribution in [0.15, 0.2) is 4.42 Å². The summed E-state index contributed by atoms with van der Waals surface area (Å²) in [5.41, 5.74) is 2.50. The molecule has 0 aliphatic heterocycles. The van der Waals surface area contributed by atoms with Crippen molar-refractivity contribution in [1.82, 2.24) is 5.32 Å². The van der Waals surface area contributed by atoms with E-state index in [-0.39, 0.29) is 5.60 Å². The summed E-state index contributed by atoms with van der Waals surface area (Å²) in [5.74, 6) is 2.05. The molecule has 1 atom stereocenters. The molecular weight excluding hydrogens is 226 g/mol. The van der Waals surface area contributed by atoms with Crippen molar-refractivity contribution in [3.8, 4) is 0 Å². The quantitative estimate of drug-likeness (QED) is 0.840. The first kappa shape index (κ1) is 15.3. The van der Waals surface area contributed by atoms with E-state index in [1.165, 1.54) is 11.1 Å². The fraction of sp³-hybridized carbons (Fsp3) is 0.733. The second-order valence-electron chi connectivity index (χ2n) is 5.60. The molecule has 0 aliphatic rings. The molecule has 1 rings (SSSR count). The molecule has 104 valence electrons. The molecule has 1 unspecified atom stereocenters. The lowest BCUT2D eigenvalue weighted by molar-refractivity contribution is 0.0118. The van der Waals surface area contributed by atoms with Crippen LogP contribution < -0.4 is 5.32 Å². The molecule has 1 aromatic rings. The third-order valence-corrected chi connectivity index (χ3v) is 3.90. The Balaban J connectivity index is 2.84. The number of methoxy groups -OCH3 is 1. The van der Waals surface area contributed by atoms with Crippen molar-refractivity contribution in [1.29, 1.82) is 0 Å². The predicted octanol–water partition coefficient (Wildman–Crippen LogP) is 3.67. The number of hydrogen-bond acceptors (Lipinski definition) is 3. The Bertz CT molecular complexity index is 393. The molecule has 0 saturated carbocycles. The minimum Gasteiger partial charge on any atom is -0.466 e. The number of aryl methyl sites for hydroxylation is 2. The third kappa shape index (κ3) is 3.36. The number of hydrogen-bond donors (Lipinski definition) is 1. The van der Waals surface area contributed by atoms with Gasteiger partial charge in [-0.3, -0.25) is 0 Å². The topological polar surface area (TPSA) is 34.4 Å². The summed E-state index contributed by atoms with van der Waals surface area (Å²) in [6, 6.07) is 0.330. The van der Waals surface area contributed by atoms with Gasteiger partial charge in [0.05, 0.1) is 5.60 Å². The largest absolute Gasteiger partial charge is 0.466 e. The zero-order chi connectivity index (χ0) is 13.9. The Morgan fingerprint density at radius 1 is 1.22 bits per heavy atom. The molecule has 0 aromatic carbocycles. The molecule has 3 nitrogen and oxygen atoms in total. The summed E-state index contributed by atoms with van der Waals surface area (Å²) >= 11 is 0. The minimum absolute atomic E-state index is 0.0737. The average Bonchev–Trinajstić information content (AvgIpc) is 2.56. The van der Waals surface area contributed by atoms with Gasteiger partial charge in [-0.1, -0.05) is 0 Å². The SMILES string of the molecule is CNC(CCC(C)(C)OC)c1c(C)oc(C)c1C. The molecule has 0 bridgehead atoms. The summed E-state index contributed by atoms with van der Waals surface area (Å²) in [5, 5.41) is 3.39. The van der Waals surface area contributed by atoms with Crippen molar-refractivity contribution >= 4 is 0 Å². The van der Waals surface area contributed by atoms with Crippen molar-refractivity contribution in [2.24, 2.45) is 0 Å². The van der Waals surface area contributed by atoms with Crippen LogP contribution in [-0.4, -0.2) is 19.8 Å². The van der Waals surface area contributed by atoms with Crippen molar-refractivity contribution in [2.75, 3.05) is 14.2 Å². The highest BCUT2D eigenvalue weighted by Gasteiger charge is 2.23. The molecule has 0 saturated heterocycles. The Hall–Kier alpha value is -0.800. The van der Waals surface area contributed by atoms with Gasteiger partial charge in [0.1, 0.15) is 11.5 Å². The van der Waals surface area contributed by atoms with Gasteiger partial charge in [0.25, 0.3) is 0 Å². The van der Waals surface area contributed by atoms with E-state index in [1.54, 1.807) is 7.11 Å². The Morgan fingerprint density at radius 2 is 1.83 bits per heavy atom. The lowest BCUT2D eigenvalue weighted by Gasteiger charge is -2.26. The maximum absolute atomic E-state index is 5.72. The van der Waals surface area contributed by atoms with E-state index in [1.807, 2.05) is 20.9 Å². The molecule has 1 heterocycles. The fourth-order valence-electron chi connectivity index (χ4n) is 2.35. The summed E-state index contributed by atoms with van der Waals surface area (Å²) < 4.78 is 11.2. The van der Waals surface area contributed by atoms with Gasteiger partial charge in [-0.15, -0.1) is 0 Å². The lowest BCUT2D eigenvalue weighted by atomic mass is 9.93. The third-order valence-electron chi connectivity index (χ3n) is 3.90. The molecule has 18 heavy (non-hydrogen) atoms. The van der Waals surface area contributed by atoms with Crippen LogP contribution in [0.25, 0.3) is 0 Å². The molecule has 1 N–H and O–H groups in total. The standard InChI is InChI=1S/C15H27NO2/c1-10-11(2)18-12(3)14(10)13(16-6)8-9-15(4,5)17-7/h13,16H,8-9H2,1-7H3. The van der Waals surface area contributed by atoms with Gasteiger partial charge in [0.15, 0.2) is 0 Å². The van der Waals surface area contributed by atoms with Gasteiger partial charge in [-0.2, -0.15) is 0 Å². The highest BCUT2D eigenvalue weighted by atomic mass is 16.5. The van der Waals surface area contributed by atoms with Crippen molar-refractivity contribution in [3.63, 3.8) is 0 Å². The maximum Gasteiger partial charge on any atom is 0.106 e. The second kappa shape index (κ2) is 5.89. The maximum atomic E-state index is 5.72. The van der Waals surface area contributed by atoms with Crippen LogP contribution in [0.1, 0.15) is 55.4 Å². The average molecular weight is 253 g/mol. The summed E-state index contributed by atoms with van der Waals surface area (Å²) in [6.45, 7) is 10.5. The Kier molecular flexibility index (Phi) is 5.00. The van der Waals surface area contributed by atoms with E-state index >= 15 is 0 Å². The molecule has 0 fully saturated rings. The summed E-state index contributed by atoms with van der Waals surface area (Å²) in [6.07, 6.45) is 2.05. The Morgan fingerprint density at radius 3 is 2.22 bits per heavy atom. The number of rotatable bonds is 6. The van der Waals surface area contributed by atoms with Gasteiger partial charge in [-0.25, -0.2) is 0 Å². The van der Waals surface area contributed by atoms with E-state index in [9.17, 15) is 0 Å². The minimum atomic E-state index is -0.0737. The van der Waals surface area contributed by atoms with Crippen LogP contribution in [0, 0.1) is 20.8 Å².